The Hall–Kier alpha value is -1.04. The SMILES string of the molecule is NCc1cnc(C2CN3CCCC3CO2)nc1. The molecule has 5 nitrogen and oxygen atoms in total. The number of aromatic nitrogens is 2. The lowest BCUT2D eigenvalue weighted by atomic mass is 10.2. The van der Waals surface area contributed by atoms with Crippen LogP contribution in [0.4, 0.5) is 0 Å². The van der Waals surface area contributed by atoms with Gasteiger partial charge in [-0.1, -0.05) is 0 Å². The van der Waals surface area contributed by atoms with Crippen LogP contribution in [0.1, 0.15) is 30.3 Å². The average Bonchev–Trinajstić information content (AvgIpc) is 2.86. The number of hydrogen-bond donors (Lipinski definition) is 1. The van der Waals surface area contributed by atoms with E-state index in [1.165, 1.54) is 19.4 Å². The molecule has 2 atom stereocenters. The maximum Gasteiger partial charge on any atom is 0.158 e. The summed E-state index contributed by atoms with van der Waals surface area (Å²) in [5, 5.41) is 0. The Morgan fingerprint density at radius 3 is 3.00 bits per heavy atom. The molecule has 3 heterocycles. The van der Waals surface area contributed by atoms with Gasteiger partial charge in [0.2, 0.25) is 0 Å². The summed E-state index contributed by atoms with van der Waals surface area (Å²) in [7, 11) is 0. The van der Waals surface area contributed by atoms with E-state index in [-0.39, 0.29) is 6.10 Å². The maximum absolute atomic E-state index is 5.85. The molecule has 92 valence electrons. The number of morpholine rings is 1. The van der Waals surface area contributed by atoms with Crippen LogP contribution < -0.4 is 5.73 Å². The Morgan fingerprint density at radius 1 is 1.41 bits per heavy atom. The van der Waals surface area contributed by atoms with Gasteiger partial charge in [0.1, 0.15) is 6.10 Å². The van der Waals surface area contributed by atoms with E-state index in [9.17, 15) is 0 Å². The summed E-state index contributed by atoms with van der Waals surface area (Å²) in [5.41, 5.74) is 6.49. The number of fused-ring (bicyclic) bond motifs is 1. The Morgan fingerprint density at radius 2 is 2.24 bits per heavy atom. The van der Waals surface area contributed by atoms with Crippen molar-refractivity contribution in [3.05, 3.63) is 23.8 Å². The molecule has 0 amide bonds. The van der Waals surface area contributed by atoms with Gasteiger partial charge in [0.15, 0.2) is 5.82 Å². The van der Waals surface area contributed by atoms with Gasteiger partial charge in [-0.15, -0.1) is 0 Å². The first kappa shape index (κ1) is 11.1. The Balaban J connectivity index is 1.71. The van der Waals surface area contributed by atoms with Crippen molar-refractivity contribution in [1.82, 2.24) is 14.9 Å². The number of ether oxygens (including phenoxy) is 1. The maximum atomic E-state index is 5.85. The quantitative estimate of drug-likeness (QED) is 0.806. The van der Waals surface area contributed by atoms with Crippen molar-refractivity contribution < 1.29 is 4.74 Å². The molecule has 0 bridgehead atoms. The highest BCUT2D eigenvalue weighted by Gasteiger charge is 2.33. The third-order valence-electron chi connectivity index (χ3n) is 3.64. The first-order chi connectivity index (χ1) is 8.36. The predicted octanol–water partition coefficient (Wildman–Crippen LogP) is 0.471. The minimum atomic E-state index is 0.0242. The van der Waals surface area contributed by atoms with Crippen LogP contribution in [0, 0.1) is 0 Å². The summed E-state index contributed by atoms with van der Waals surface area (Å²) < 4.78 is 5.85. The van der Waals surface area contributed by atoms with Crippen LogP contribution in [-0.4, -0.2) is 40.6 Å². The predicted molar refractivity (Wildman–Crippen MR) is 63.2 cm³/mol. The standard InChI is InChI=1S/C12H18N4O/c13-4-9-5-14-12(15-6-9)11-7-16-3-1-2-10(16)8-17-11/h5-6,10-11H,1-4,7-8,13H2. The topological polar surface area (TPSA) is 64.3 Å². The van der Waals surface area contributed by atoms with E-state index < -0.39 is 0 Å². The third-order valence-corrected chi connectivity index (χ3v) is 3.64. The summed E-state index contributed by atoms with van der Waals surface area (Å²) in [5.74, 6) is 0.785. The van der Waals surface area contributed by atoms with E-state index in [0.717, 1.165) is 24.5 Å². The summed E-state index contributed by atoms with van der Waals surface area (Å²) >= 11 is 0. The van der Waals surface area contributed by atoms with Crippen LogP contribution in [0.2, 0.25) is 0 Å². The first-order valence-electron chi connectivity index (χ1n) is 6.23. The van der Waals surface area contributed by atoms with Gasteiger partial charge >= 0.3 is 0 Å². The summed E-state index contributed by atoms with van der Waals surface area (Å²) in [4.78, 5) is 11.2. The third kappa shape index (κ3) is 2.18. The van der Waals surface area contributed by atoms with Crippen molar-refractivity contribution in [2.24, 2.45) is 5.73 Å². The Bertz CT molecular complexity index is 381. The molecular weight excluding hydrogens is 216 g/mol. The lowest BCUT2D eigenvalue weighted by molar-refractivity contribution is -0.0541. The van der Waals surface area contributed by atoms with Crippen LogP contribution in [0.3, 0.4) is 0 Å². The Kier molecular flexibility index (Phi) is 3.05. The van der Waals surface area contributed by atoms with Crippen molar-refractivity contribution in [3.63, 3.8) is 0 Å². The van der Waals surface area contributed by atoms with Gasteiger partial charge in [0, 0.05) is 37.1 Å². The lowest BCUT2D eigenvalue weighted by Crippen LogP contribution is -2.42. The second-order valence-electron chi connectivity index (χ2n) is 4.77. The minimum Gasteiger partial charge on any atom is -0.367 e. The molecule has 0 aliphatic carbocycles. The molecule has 2 unspecified atom stereocenters. The normalized spacial score (nSPS) is 29.2. The highest BCUT2D eigenvalue weighted by atomic mass is 16.5. The summed E-state index contributed by atoms with van der Waals surface area (Å²) in [6, 6.07) is 0.620. The molecule has 2 saturated heterocycles. The van der Waals surface area contributed by atoms with Gasteiger partial charge in [-0.05, 0) is 19.4 Å². The van der Waals surface area contributed by atoms with Crippen molar-refractivity contribution in [3.8, 4) is 0 Å². The molecule has 0 aromatic carbocycles. The second kappa shape index (κ2) is 4.68. The fourth-order valence-corrected chi connectivity index (χ4v) is 2.61. The molecule has 1 aromatic heterocycles. The lowest BCUT2D eigenvalue weighted by Gasteiger charge is -2.34. The van der Waals surface area contributed by atoms with Gasteiger partial charge in [-0.3, -0.25) is 4.90 Å². The van der Waals surface area contributed by atoms with E-state index in [1.54, 1.807) is 12.4 Å². The number of nitrogens with two attached hydrogens (primary N) is 1. The zero-order chi connectivity index (χ0) is 11.7. The molecule has 0 spiro atoms. The molecule has 0 saturated carbocycles. The number of rotatable bonds is 2. The van der Waals surface area contributed by atoms with Crippen molar-refractivity contribution >= 4 is 0 Å². The number of hydrogen-bond acceptors (Lipinski definition) is 5. The number of nitrogens with zero attached hydrogens (tertiary/aromatic N) is 3. The molecule has 1 aromatic rings. The fourth-order valence-electron chi connectivity index (χ4n) is 2.61. The molecule has 2 aliphatic rings. The van der Waals surface area contributed by atoms with Gasteiger partial charge in [0.25, 0.3) is 0 Å². The van der Waals surface area contributed by atoms with Crippen molar-refractivity contribution in [2.45, 2.75) is 31.5 Å². The fraction of sp³-hybridized carbons (Fsp3) is 0.667. The first-order valence-corrected chi connectivity index (χ1v) is 6.23. The van der Waals surface area contributed by atoms with Gasteiger partial charge in [-0.2, -0.15) is 0 Å². The van der Waals surface area contributed by atoms with E-state index >= 15 is 0 Å². The molecule has 3 rings (SSSR count). The van der Waals surface area contributed by atoms with Crippen LogP contribution in [0.25, 0.3) is 0 Å². The van der Waals surface area contributed by atoms with Crippen molar-refractivity contribution in [1.29, 1.82) is 0 Å². The van der Waals surface area contributed by atoms with Gasteiger partial charge in [-0.25, -0.2) is 9.97 Å². The van der Waals surface area contributed by atoms with E-state index in [4.69, 9.17) is 10.5 Å². The zero-order valence-corrected chi connectivity index (χ0v) is 9.88. The zero-order valence-electron chi connectivity index (χ0n) is 9.88. The van der Waals surface area contributed by atoms with E-state index in [1.807, 2.05) is 0 Å². The van der Waals surface area contributed by atoms with Crippen LogP contribution in [0.15, 0.2) is 12.4 Å². The van der Waals surface area contributed by atoms with Crippen LogP contribution in [0.5, 0.6) is 0 Å². The van der Waals surface area contributed by atoms with Crippen molar-refractivity contribution in [2.75, 3.05) is 19.7 Å². The average molecular weight is 234 g/mol. The minimum absolute atomic E-state index is 0.0242. The molecule has 2 fully saturated rings. The molecule has 2 aliphatic heterocycles. The summed E-state index contributed by atoms with van der Waals surface area (Å²) in [6.07, 6.45) is 6.16. The molecule has 17 heavy (non-hydrogen) atoms. The highest BCUT2D eigenvalue weighted by Crippen LogP contribution is 2.28. The highest BCUT2D eigenvalue weighted by molar-refractivity contribution is 5.06. The monoisotopic (exact) mass is 234 g/mol. The largest absolute Gasteiger partial charge is 0.367 e. The molecule has 0 radical (unpaired) electrons. The van der Waals surface area contributed by atoms with Gasteiger partial charge in [0.05, 0.1) is 6.61 Å². The second-order valence-corrected chi connectivity index (χ2v) is 4.77. The Labute approximate surface area is 101 Å². The van der Waals surface area contributed by atoms with E-state index in [2.05, 4.69) is 14.9 Å². The van der Waals surface area contributed by atoms with Crippen LogP contribution in [-0.2, 0) is 11.3 Å². The summed E-state index contributed by atoms with van der Waals surface area (Å²) in [6.45, 7) is 3.41. The smallest absolute Gasteiger partial charge is 0.158 e. The molecule has 2 N–H and O–H groups in total. The van der Waals surface area contributed by atoms with E-state index in [0.29, 0.717) is 12.6 Å². The molecular formula is C12H18N4O. The van der Waals surface area contributed by atoms with Crippen LogP contribution >= 0.6 is 0 Å². The van der Waals surface area contributed by atoms with Gasteiger partial charge < -0.3 is 10.5 Å². The molecule has 5 heteroatoms.